The molecule has 0 aliphatic carbocycles. The summed E-state index contributed by atoms with van der Waals surface area (Å²) in [6, 6.07) is 10.9. The van der Waals surface area contributed by atoms with Crippen molar-refractivity contribution in [3.63, 3.8) is 0 Å². The van der Waals surface area contributed by atoms with Gasteiger partial charge in [0, 0.05) is 50.9 Å². The number of aromatic nitrogens is 3. The number of ether oxygens (including phenoxy) is 1. The Balaban J connectivity index is 1.80. The molecule has 0 aliphatic rings. The molecule has 0 fully saturated rings. The summed E-state index contributed by atoms with van der Waals surface area (Å²) in [5, 5.41) is 3.74. The summed E-state index contributed by atoms with van der Waals surface area (Å²) in [7, 11) is 5.16. The van der Waals surface area contributed by atoms with E-state index in [0.717, 1.165) is 17.7 Å². The number of nitrogens with one attached hydrogen (secondary N) is 1. The van der Waals surface area contributed by atoms with Gasteiger partial charge in [0.25, 0.3) is 0 Å². The van der Waals surface area contributed by atoms with E-state index in [2.05, 4.69) is 15.3 Å². The summed E-state index contributed by atoms with van der Waals surface area (Å²) in [6.45, 7) is 0.275. The largest absolute Gasteiger partial charge is 0.491 e. The van der Waals surface area contributed by atoms with Gasteiger partial charge >= 0.3 is 0 Å². The van der Waals surface area contributed by atoms with Crippen LogP contribution < -0.4 is 10.1 Å². The van der Waals surface area contributed by atoms with Gasteiger partial charge in [0.15, 0.2) is 17.5 Å². The molecule has 2 aromatic carbocycles. The van der Waals surface area contributed by atoms with Gasteiger partial charge in [0.2, 0.25) is 5.91 Å². The normalized spacial score (nSPS) is 10.9. The van der Waals surface area contributed by atoms with Crippen LogP contribution in [-0.2, 0) is 4.79 Å². The highest BCUT2D eigenvalue weighted by atomic mass is 19.2. The molecule has 4 rings (SSSR count). The van der Waals surface area contributed by atoms with Crippen LogP contribution >= 0.6 is 0 Å². The Kier molecular flexibility index (Phi) is 7.14. The molecule has 0 saturated heterocycles. The average Bonchev–Trinajstić information content (AvgIpc) is 2.87. The van der Waals surface area contributed by atoms with Gasteiger partial charge in [-0.1, -0.05) is 6.07 Å². The van der Waals surface area contributed by atoms with E-state index >= 15 is 0 Å². The van der Waals surface area contributed by atoms with Crippen molar-refractivity contribution in [1.82, 2.24) is 19.9 Å². The Morgan fingerprint density at radius 2 is 1.86 bits per heavy atom. The van der Waals surface area contributed by atoms with Crippen molar-refractivity contribution in [3.05, 3.63) is 66.5 Å². The summed E-state index contributed by atoms with van der Waals surface area (Å²) in [4.78, 5) is 27.0. The molecule has 9 heteroatoms. The first kappa shape index (κ1) is 24.0. The van der Waals surface area contributed by atoms with E-state index in [1.54, 1.807) is 45.7 Å². The second kappa shape index (κ2) is 10.4. The van der Waals surface area contributed by atoms with E-state index in [9.17, 15) is 13.6 Å². The topological polar surface area (TPSA) is 80.2 Å². The first-order valence-corrected chi connectivity index (χ1v) is 11.1. The van der Waals surface area contributed by atoms with Crippen molar-refractivity contribution in [2.24, 2.45) is 0 Å². The van der Waals surface area contributed by atoms with Crippen molar-refractivity contribution < 1.29 is 18.3 Å². The van der Waals surface area contributed by atoms with Gasteiger partial charge in [0.05, 0.1) is 6.61 Å². The predicted octanol–water partition coefficient (Wildman–Crippen LogP) is 4.93. The molecule has 35 heavy (non-hydrogen) atoms. The van der Waals surface area contributed by atoms with Crippen molar-refractivity contribution in [2.45, 2.75) is 12.8 Å². The fraction of sp³-hybridized carbons (Fsp3) is 0.231. The number of fused-ring (bicyclic) bond motifs is 1. The summed E-state index contributed by atoms with van der Waals surface area (Å²) in [5.41, 5.74) is 2.38. The number of hydrogen-bond donors (Lipinski definition) is 1. The fourth-order valence-electron chi connectivity index (χ4n) is 3.60. The van der Waals surface area contributed by atoms with Crippen LogP contribution in [0, 0.1) is 11.6 Å². The van der Waals surface area contributed by atoms with Crippen LogP contribution in [0.5, 0.6) is 5.75 Å². The lowest BCUT2D eigenvalue weighted by atomic mass is 10.0. The molecule has 0 saturated carbocycles. The Morgan fingerprint density at radius 3 is 2.54 bits per heavy atom. The van der Waals surface area contributed by atoms with Crippen LogP contribution in [0.25, 0.3) is 33.4 Å². The molecule has 1 amide bonds. The van der Waals surface area contributed by atoms with E-state index in [-0.39, 0.29) is 12.5 Å². The fourth-order valence-corrected chi connectivity index (χ4v) is 3.60. The molecule has 0 aliphatic heterocycles. The minimum absolute atomic E-state index is 0.00709. The first-order chi connectivity index (χ1) is 16.9. The number of benzene rings is 2. The third-order valence-corrected chi connectivity index (χ3v) is 5.47. The number of hydrogen-bond acceptors (Lipinski definition) is 6. The standard InChI is InChI=1S/C26H25F2N5O2/c1-29-26-19-12-18(16-8-9-20(27)21(28)13-16)14-22(35-11-5-7-23(34)33(2)3)24(19)31-25(32-26)17-6-4-10-30-15-17/h4,6,8-10,12-15H,5,7,11H2,1-3H3,(H,29,31,32). The van der Waals surface area contributed by atoms with E-state index in [1.165, 1.54) is 11.0 Å². The molecule has 2 heterocycles. The van der Waals surface area contributed by atoms with Crippen LogP contribution in [0.3, 0.4) is 0 Å². The second-order valence-corrected chi connectivity index (χ2v) is 8.13. The summed E-state index contributed by atoms with van der Waals surface area (Å²) in [6.07, 6.45) is 4.18. The Labute approximate surface area is 201 Å². The van der Waals surface area contributed by atoms with Crippen molar-refractivity contribution in [1.29, 1.82) is 0 Å². The number of anilines is 1. The molecule has 0 spiro atoms. The smallest absolute Gasteiger partial charge is 0.222 e. The molecule has 4 aromatic rings. The second-order valence-electron chi connectivity index (χ2n) is 8.13. The maximum absolute atomic E-state index is 14.0. The van der Waals surface area contributed by atoms with Crippen LogP contribution in [0.1, 0.15) is 12.8 Å². The van der Waals surface area contributed by atoms with Gasteiger partial charge in [-0.3, -0.25) is 9.78 Å². The monoisotopic (exact) mass is 477 g/mol. The zero-order valence-corrected chi connectivity index (χ0v) is 19.7. The SMILES string of the molecule is CNc1nc(-c2cccnc2)nc2c(OCCCC(=O)N(C)C)cc(-c3ccc(F)c(F)c3)cc12. The molecule has 0 unspecified atom stereocenters. The zero-order valence-electron chi connectivity index (χ0n) is 19.7. The number of amides is 1. The first-order valence-electron chi connectivity index (χ1n) is 11.1. The maximum Gasteiger partial charge on any atom is 0.222 e. The van der Waals surface area contributed by atoms with Crippen LogP contribution in [0.2, 0.25) is 0 Å². The van der Waals surface area contributed by atoms with Gasteiger partial charge in [-0.25, -0.2) is 18.7 Å². The molecule has 2 aromatic heterocycles. The Hall–Kier alpha value is -4.14. The molecular formula is C26H25F2N5O2. The Bertz CT molecular complexity index is 1360. The van der Waals surface area contributed by atoms with E-state index < -0.39 is 11.6 Å². The van der Waals surface area contributed by atoms with Crippen LogP contribution in [-0.4, -0.2) is 53.5 Å². The quantitative estimate of drug-likeness (QED) is 0.363. The van der Waals surface area contributed by atoms with Gasteiger partial charge in [-0.2, -0.15) is 0 Å². The van der Waals surface area contributed by atoms with Crippen molar-refractivity contribution >= 4 is 22.6 Å². The lowest BCUT2D eigenvalue weighted by Gasteiger charge is -2.15. The lowest BCUT2D eigenvalue weighted by molar-refractivity contribution is -0.128. The molecular weight excluding hydrogens is 452 g/mol. The van der Waals surface area contributed by atoms with Gasteiger partial charge in [0.1, 0.15) is 17.1 Å². The molecule has 7 nitrogen and oxygen atoms in total. The number of pyridine rings is 1. The molecule has 0 atom stereocenters. The highest BCUT2D eigenvalue weighted by molar-refractivity contribution is 5.97. The number of carbonyl (C=O) groups excluding carboxylic acids is 1. The summed E-state index contributed by atoms with van der Waals surface area (Å²) >= 11 is 0. The van der Waals surface area contributed by atoms with Crippen LogP contribution in [0.15, 0.2) is 54.9 Å². The molecule has 1 N–H and O–H groups in total. The highest BCUT2D eigenvalue weighted by Gasteiger charge is 2.16. The number of rotatable bonds is 8. The maximum atomic E-state index is 14.0. The third kappa shape index (κ3) is 5.34. The molecule has 0 bridgehead atoms. The van der Waals surface area contributed by atoms with Crippen molar-refractivity contribution in [2.75, 3.05) is 33.1 Å². The van der Waals surface area contributed by atoms with Gasteiger partial charge in [-0.15, -0.1) is 0 Å². The molecule has 180 valence electrons. The predicted molar refractivity (Wildman–Crippen MR) is 131 cm³/mol. The van der Waals surface area contributed by atoms with E-state index in [0.29, 0.717) is 52.3 Å². The minimum Gasteiger partial charge on any atom is -0.491 e. The molecule has 0 radical (unpaired) electrons. The average molecular weight is 478 g/mol. The van der Waals surface area contributed by atoms with E-state index in [4.69, 9.17) is 9.72 Å². The lowest BCUT2D eigenvalue weighted by Crippen LogP contribution is -2.21. The van der Waals surface area contributed by atoms with E-state index in [1.807, 2.05) is 12.1 Å². The van der Waals surface area contributed by atoms with Crippen LogP contribution in [0.4, 0.5) is 14.6 Å². The van der Waals surface area contributed by atoms with Gasteiger partial charge in [-0.05, 0) is 53.9 Å². The number of halogens is 2. The zero-order chi connectivity index (χ0) is 24.9. The Morgan fingerprint density at radius 1 is 1.03 bits per heavy atom. The summed E-state index contributed by atoms with van der Waals surface area (Å²) in [5.74, 6) is -0.397. The third-order valence-electron chi connectivity index (χ3n) is 5.47. The van der Waals surface area contributed by atoms with Crippen molar-refractivity contribution in [3.8, 4) is 28.3 Å². The van der Waals surface area contributed by atoms with Gasteiger partial charge < -0.3 is 15.0 Å². The number of nitrogens with zero attached hydrogens (tertiary/aromatic N) is 4. The highest BCUT2D eigenvalue weighted by Crippen LogP contribution is 2.36. The number of carbonyl (C=O) groups is 1. The minimum atomic E-state index is -0.940. The summed E-state index contributed by atoms with van der Waals surface area (Å²) < 4.78 is 33.6.